The molecule has 0 aromatic carbocycles. The van der Waals surface area contributed by atoms with Gasteiger partial charge in [0.2, 0.25) is 0 Å². The first-order chi connectivity index (χ1) is 8.17. The molecule has 0 bridgehead atoms. The molecule has 0 spiro atoms. The van der Waals surface area contributed by atoms with Crippen LogP contribution >= 0.6 is 7.92 Å². The molecule has 0 amide bonds. The van der Waals surface area contributed by atoms with Crippen molar-refractivity contribution in [2.24, 2.45) is 0 Å². The molecule has 0 aliphatic rings. The summed E-state index contributed by atoms with van der Waals surface area (Å²) in [5, 5.41) is 0. The minimum atomic E-state index is 0.286. The van der Waals surface area contributed by atoms with Gasteiger partial charge in [-0.2, -0.15) is 0 Å². The quantitative estimate of drug-likeness (QED) is 0.296. The van der Waals surface area contributed by atoms with Gasteiger partial charge in [0, 0.05) is 0 Å². The number of hydrogen-bond acceptors (Lipinski definition) is 0. The molecule has 0 N–H and O–H groups in total. The van der Waals surface area contributed by atoms with E-state index in [0.29, 0.717) is 0 Å². The molecule has 0 fully saturated rings. The Hall–Kier alpha value is 0.430. The maximum Gasteiger partial charge on any atom is -0.0235 e. The van der Waals surface area contributed by atoms with Gasteiger partial charge in [0.05, 0.1) is 0 Å². The minimum absolute atomic E-state index is 0.286. The van der Waals surface area contributed by atoms with Crippen molar-refractivity contribution in [1.29, 1.82) is 0 Å². The highest BCUT2D eigenvalue weighted by molar-refractivity contribution is 7.59. The lowest BCUT2D eigenvalue weighted by Gasteiger charge is -2.29. The fraction of sp³-hybridized carbons (Fsp3) is 1.00. The summed E-state index contributed by atoms with van der Waals surface area (Å²) in [6, 6.07) is 0. The summed E-state index contributed by atoms with van der Waals surface area (Å²) < 4.78 is 0. The second-order valence-electron chi connectivity index (χ2n) is 5.52. The van der Waals surface area contributed by atoms with E-state index in [-0.39, 0.29) is 7.92 Å². The zero-order valence-electron chi connectivity index (χ0n) is 13.0. The van der Waals surface area contributed by atoms with Crippen LogP contribution in [0, 0.1) is 0 Å². The normalized spacial score (nSPS) is 16.8. The van der Waals surface area contributed by atoms with E-state index in [1.807, 2.05) is 0 Å². The zero-order chi connectivity index (χ0) is 13.1. The highest BCUT2D eigenvalue weighted by atomic mass is 31.1. The lowest BCUT2D eigenvalue weighted by molar-refractivity contribution is 0.639. The Labute approximate surface area is 112 Å². The molecule has 0 rings (SSSR count). The zero-order valence-corrected chi connectivity index (χ0v) is 13.9. The highest BCUT2D eigenvalue weighted by Gasteiger charge is 2.20. The molecular formula is C16H35P. The third-order valence-corrected chi connectivity index (χ3v) is 7.46. The van der Waals surface area contributed by atoms with Gasteiger partial charge < -0.3 is 0 Å². The molecule has 0 heterocycles. The maximum absolute atomic E-state index is 2.52. The Morgan fingerprint density at radius 2 is 1.12 bits per heavy atom. The fourth-order valence-electron chi connectivity index (χ4n) is 2.77. The molecule has 0 saturated heterocycles. The first-order valence-electron chi connectivity index (χ1n) is 7.93. The van der Waals surface area contributed by atoms with Gasteiger partial charge in [-0.25, -0.2) is 0 Å². The Balaban J connectivity index is 3.92. The Morgan fingerprint density at radius 3 is 1.41 bits per heavy atom. The average Bonchev–Trinajstić information content (AvgIpc) is 2.30. The van der Waals surface area contributed by atoms with Crippen molar-refractivity contribution in [3.05, 3.63) is 0 Å². The largest absolute Gasteiger partial charge is 0.101 e. The van der Waals surface area contributed by atoms with Gasteiger partial charge in [-0.15, -0.1) is 7.92 Å². The summed E-state index contributed by atoms with van der Waals surface area (Å²) in [6.07, 6.45) is 12.9. The predicted octanol–water partition coefficient (Wildman–Crippen LogP) is 6.43. The number of rotatable bonds is 11. The second kappa shape index (κ2) is 11.5. The number of unbranched alkanes of at least 4 members (excludes halogenated alkanes) is 4. The van der Waals surface area contributed by atoms with Crippen molar-refractivity contribution in [2.75, 3.05) is 6.16 Å². The van der Waals surface area contributed by atoms with E-state index in [0.717, 1.165) is 11.3 Å². The van der Waals surface area contributed by atoms with Gasteiger partial charge in [-0.3, -0.25) is 0 Å². The molecule has 0 aromatic heterocycles. The molecule has 2 atom stereocenters. The molecule has 0 radical (unpaired) electrons. The highest BCUT2D eigenvalue weighted by Crippen LogP contribution is 2.49. The van der Waals surface area contributed by atoms with Crippen molar-refractivity contribution in [3.8, 4) is 0 Å². The van der Waals surface area contributed by atoms with E-state index in [1.165, 1.54) is 57.5 Å². The standard InChI is InChI=1S/C16H35P/c1-6-9-11-13-15(4)17(8-3)16(5)14-12-10-7-2/h15-16H,6-14H2,1-5H3. The molecule has 0 nitrogen and oxygen atoms in total. The van der Waals surface area contributed by atoms with Gasteiger partial charge in [0.1, 0.15) is 0 Å². The summed E-state index contributed by atoms with van der Waals surface area (Å²) >= 11 is 0. The first kappa shape index (κ1) is 17.4. The number of hydrogen-bond donors (Lipinski definition) is 0. The van der Waals surface area contributed by atoms with Crippen LogP contribution in [0.1, 0.15) is 86.0 Å². The van der Waals surface area contributed by atoms with Crippen LogP contribution in [0.3, 0.4) is 0 Å². The Morgan fingerprint density at radius 1 is 0.706 bits per heavy atom. The molecule has 0 saturated carbocycles. The van der Waals surface area contributed by atoms with E-state index < -0.39 is 0 Å². The molecule has 0 aromatic rings. The van der Waals surface area contributed by atoms with Crippen molar-refractivity contribution < 1.29 is 0 Å². The lowest BCUT2D eigenvalue weighted by atomic mass is 10.2. The fourth-order valence-corrected chi connectivity index (χ4v) is 5.91. The van der Waals surface area contributed by atoms with Crippen molar-refractivity contribution in [3.63, 3.8) is 0 Å². The van der Waals surface area contributed by atoms with Crippen LogP contribution < -0.4 is 0 Å². The third kappa shape index (κ3) is 8.20. The summed E-state index contributed by atoms with van der Waals surface area (Å²) in [5.41, 5.74) is 2.00. The average molecular weight is 258 g/mol. The Bertz CT molecular complexity index is 140. The second-order valence-corrected chi connectivity index (χ2v) is 8.94. The van der Waals surface area contributed by atoms with Crippen LogP contribution in [-0.4, -0.2) is 17.5 Å². The van der Waals surface area contributed by atoms with E-state index in [1.54, 1.807) is 0 Å². The summed E-state index contributed by atoms with van der Waals surface area (Å²) in [5.74, 6) is 0. The summed E-state index contributed by atoms with van der Waals surface area (Å²) in [7, 11) is 0.286. The topological polar surface area (TPSA) is 0 Å². The van der Waals surface area contributed by atoms with E-state index in [4.69, 9.17) is 0 Å². The van der Waals surface area contributed by atoms with Crippen molar-refractivity contribution in [1.82, 2.24) is 0 Å². The van der Waals surface area contributed by atoms with Gasteiger partial charge in [-0.05, 0) is 30.3 Å². The van der Waals surface area contributed by atoms with Crippen LogP contribution in [-0.2, 0) is 0 Å². The van der Waals surface area contributed by atoms with Crippen LogP contribution in [0.25, 0.3) is 0 Å². The molecular weight excluding hydrogens is 223 g/mol. The van der Waals surface area contributed by atoms with Crippen LogP contribution in [0.2, 0.25) is 0 Å². The van der Waals surface area contributed by atoms with E-state index in [9.17, 15) is 0 Å². The van der Waals surface area contributed by atoms with E-state index in [2.05, 4.69) is 34.6 Å². The van der Waals surface area contributed by atoms with Crippen LogP contribution in [0.15, 0.2) is 0 Å². The van der Waals surface area contributed by atoms with Crippen molar-refractivity contribution >= 4 is 7.92 Å². The lowest BCUT2D eigenvalue weighted by Crippen LogP contribution is -2.12. The van der Waals surface area contributed by atoms with Gasteiger partial charge in [0.15, 0.2) is 0 Å². The van der Waals surface area contributed by atoms with Gasteiger partial charge >= 0.3 is 0 Å². The first-order valence-corrected chi connectivity index (χ1v) is 9.59. The summed E-state index contributed by atoms with van der Waals surface area (Å²) in [4.78, 5) is 0. The minimum Gasteiger partial charge on any atom is -0.101 e. The van der Waals surface area contributed by atoms with Crippen LogP contribution in [0.4, 0.5) is 0 Å². The van der Waals surface area contributed by atoms with Gasteiger partial charge in [0.25, 0.3) is 0 Å². The molecule has 2 unspecified atom stereocenters. The third-order valence-electron chi connectivity index (χ3n) is 3.95. The molecule has 17 heavy (non-hydrogen) atoms. The van der Waals surface area contributed by atoms with Gasteiger partial charge in [-0.1, -0.05) is 73.1 Å². The Kier molecular flexibility index (Phi) is 11.8. The smallest absolute Gasteiger partial charge is 0.0235 e. The molecule has 0 aliphatic heterocycles. The summed E-state index contributed by atoms with van der Waals surface area (Å²) in [6.45, 7) is 12.1. The molecule has 104 valence electrons. The predicted molar refractivity (Wildman–Crippen MR) is 84.7 cm³/mol. The van der Waals surface area contributed by atoms with Crippen LogP contribution in [0.5, 0.6) is 0 Å². The molecule has 0 aliphatic carbocycles. The monoisotopic (exact) mass is 258 g/mol. The van der Waals surface area contributed by atoms with E-state index >= 15 is 0 Å². The van der Waals surface area contributed by atoms with Crippen molar-refractivity contribution in [2.45, 2.75) is 97.3 Å². The SMILES string of the molecule is CCCCCC(C)P(CC)C(C)CCCCC. The maximum atomic E-state index is 2.52. The molecule has 1 heteroatoms.